The van der Waals surface area contributed by atoms with Gasteiger partial charge in [-0.15, -0.1) is 0 Å². The van der Waals surface area contributed by atoms with Crippen molar-refractivity contribution < 1.29 is 0 Å². The molecule has 0 amide bonds. The topological polar surface area (TPSA) is 0 Å². The van der Waals surface area contributed by atoms with Crippen molar-refractivity contribution in [3.63, 3.8) is 0 Å². The Kier molecular flexibility index (Phi) is 7.02. The van der Waals surface area contributed by atoms with E-state index in [0.29, 0.717) is 0 Å². The van der Waals surface area contributed by atoms with E-state index in [2.05, 4.69) is 45.0 Å². The van der Waals surface area contributed by atoms with Gasteiger partial charge in [0.1, 0.15) is 0 Å². The zero-order valence-electron chi connectivity index (χ0n) is 17.0. The van der Waals surface area contributed by atoms with Crippen molar-refractivity contribution in [1.82, 2.24) is 0 Å². The molecule has 25 heavy (non-hydrogen) atoms. The Morgan fingerprint density at radius 2 is 1.16 bits per heavy atom. The summed E-state index contributed by atoms with van der Waals surface area (Å²) >= 11 is 0. The summed E-state index contributed by atoms with van der Waals surface area (Å²) in [6, 6.07) is 9.89. The third kappa shape index (κ3) is 5.11. The Bertz CT molecular complexity index is 483. The van der Waals surface area contributed by atoms with Crippen molar-refractivity contribution in [2.45, 2.75) is 103 Å². The molecule has 0 heteroatoms. The second kappa shape index (κ2) is 9.24. The third-order valence-corrected chi connectivity index (χ3v) is 7.58. The summed E-state index contributed by atoms with van der Waals surface area (Å²) in [5.74, 6) is 4.59. The van der Waals surface area contributed by atoms with Gasteiger partial charge in [0, 0.05) is 0 Å². The highest BCUT2D eigenvalue weighted by Gasteiger charge is 2.24. The number of hydrogen-bond donors (Lipinski definition) is 0. The molecule has 1 unspecified atom stereocenters. The average Bonchev–Trinajstić information content (AvgIpc) is 2.69. The summed E-state index contributed by atoms with van der Waals surface area (Å²) in [5.41, 5.74) is 3.23. The summed E-state index contributed by atoms with van der Waals surface area (Å²) in [5, 5.41) is 0. The van der Waals surface area contributed by atoms with Gasteiger partial charge in [-0.2, -0.15) is 0 Å². The predicted molar refractivity (Wildman–Crippen MR) is 110 cm³/mol. The van der Waals surface area contributed by atoms with Crippen LogP contribution >= 0.6 is 0 Å². The lowest BCUT2D eigenvalue weighted by Gasteiger charge is -2.31. The minimum Gasteiger partial charge on any atom is -0.0651 e. The van der Waals surface area contributed by atoms with Crippen molar-refractivity contribution in [2.24, 2.45) is 17.8 Å². The predicted octanol–water partition coefficient (Wildman–Crippen LogP) is 8.08. The maximum atomic E-state index is 2.47. The molecule has 0 saturated heterocycles. The Hall–Kier alpha value is -0.780. The smallest absolute Gasteiger partial charge is 0.0162 e. The van der Waals surface area contributed by atoms with Gasteiger partial charge in [0.2, 0.25) is 0 Å². The van der Waals surface area contributed by atoms with Gasteiger partial charge in [0.15, 0.2) is 0 Å². The Morgan fingerprint density at radius 3 is 1.56 bits per heavy atom. The van der Waals surface area contributed by atoms with Crippen LogP contribution in [-0.2, 0) is 0 Å². The van der Waals surface area contributed by atoms with Crippen LogP contribution in [0.25, 0.3) is 0 Å². The molecule has 1 aromatic carbocycles. The lowest BCUT2D eigenvalue weighted by atomic mass is 9.74. The van der Waals surface area contributed by atoms with Crippen LogP contribution in [0.3, 0.4) is 0 Å². The molecule has 0 nitrogen and oxygen atoms in total. The van der Waals surface area contributed by atoms with E-state index in [0.717, 1.165) is 29.6 Å². The van der Waals surface area contributed by atoms with Gasteiger partial charge in [-0.25, -0.2) is 0 Å². The SMILES string of the molecule is CCC(C)CC1CCC(c2ccc(C3CCC(CC)CC3)cc2)CC1. The second-order valence-corrected chi connectivity index (χ2v) is 9.26. The van der Waals surface area contributed by atoms with Crippen molar-refractivity contribution in [1.29, 1.82) is 0 Å². The first-order valence-corrected chi connectivity index (χ1v) is 11.3. The van der Waals surface area contributed by atoms with Gasteiger partial charge < -0.3 is 0 Å². The summed E-state index contributed by atoms with van der Waals surface area (Å²) in [6.45, 7) is 7.13. The largest absolute Gasteiger partial charge is 0.0651 e. The van der Waals surface area contributed by atoms with Gasteiger partial charge >= 0.3 is 0 Å². The molecule has 0 aromatic heterocycles. The van der Waals surface area contributed by atoms with E-state index in [9.17, 15) is 0 Å². The van der Waals surface area contributed by atoms with Gasteiger partial charge in [0.05, 0.1) is 0 Å². The number of benzene rings is 1. The maximum absolute atomic E-state index is 2.47. The zero-order chi connectivity index (χ0) is 17.6. The molecular weight excluding hydrogens is 300 g/mol. The summed E-state index contributed by atoms with van der Waals surface area (Å²) in [7, 11) is 0. The van der Waals surface area contributed by atoms with E-state index in [4.69, 9.17) is 0 Å². The maximum Gasteiger partial charge on any atom is -0.0162 e. The van der Waals surface area contributed by atoms with Crippen molar-refractivity contribution in [3.05, 3.63) is 35.4 Å². The molecule has 0 aliphatic heterocycles. The molecule has 2 saturated carbocycles. The quantitative estimate of drug-likeness (QED) is 0.491. The first kappa shape index (κ1) is 19.0. The molecule has 0 N–H and O–H groups in total. The molecule has 140 valence electrons. The Balaban J connectivity index is 1.50. The molecular formula is C25H40. The molecule has 1 atom stereocenters. The highest BCUT2D eigenvalue weighted by molar-refractivity contribution is 5.28. The third-order valence-electron chi connectivity index (χ3n) is 7.58. The fourth-order valence-corrected chi connectivity index (χ4v) is 5.41. The molecule has 0 spiro atoms. The van der Waals surface area contributed by atoms with Gasteiger partial charge in [-0.1, -0.05) is 57.9 Å². The van der Waals surface area contributed by atoms with Gasteiger partial charge in [-0.05, 0) is 98.5 Å². The second-order valence-electron chi connectivity index (χ2n) is 9.26. The molecule has 0 heterocycles. The molecule has 0 radical (unpaired) electrons. The lowest BCUT2D eigenvalue weighted by Crippen LogP contribution is -2.16. The van der Waals surface area contributed by atoms with E-state index in [1.807, 2.05) is 0 Å². The minimum atomic E-state index is 0.832. The monoisotopic (exact) mass is 340 g/mol. The number of rotatable bonds is 6. The summed E-state index contributed by atoms with van der Waals surface area (Å²) < 4.78 is 0. The van der Waals surface area contributed by atoms with E-state index < -0.39 is 0 Å². The fourth-order valence-electron chi connectivity index (χ4n) is 5.41. The van der Waals surface area contributed by atoms with Gasteiger partial charge in [0.25, 0.3) is 0 Å². The van der Waals surface area contributed by atoms with Crippen LogP contribution in [-0.4, -0.2) is 0 Å². The minimum absolute atomic E-state index is 0.832. The molecule has 3 rings (SSSR count). The molecule has 1 aromatic rings. The van der Waals surface area contributed by atoms with E-state index in [-0.39, 0.29) is 0 Å². The van der Waals surface area contributed by atoms with Crippen LogP contribution in [0.1, 0.15) is 114 Å². The van der Waals surface area contributed by atoms with Crippen molar-refractivity contribution in [2.75, 3.05) is 0 Å². The van der Waals surface area contributed by atoms with Gasteiger partial charge in [-0.3, -0.25) is 0 Å². The van der Waals surface area contributed by atoms with E-state index >= 15 is 0 Å². The Morgan fingerprint density at radius 1 is 0.720 bits per heavy atom. The van der Waals surface area contributed by atoms with Crippen LogP contribution in [0.4, 0.5) is 0 Å². The standard InChI is InChI=1S/C25H40/c1-4-19(3)18-21-8-12-23(13-9-21)25-16-14-24(15-17-25)22-10-6-20(5-2)7-11-22/h14-17,19-23H,4-13,18H2,1-3H3. The zero-order valence-corrected chi connectivity index (χ0v) is 17.0. The molecule has 2 aliphatic carbocycles. The van der Waals surface area contributed by atoms with Crippen LogP contribution in [0.15, 0.2) is 24.3 Å². The molecule has 2 aliphatic rings. The number of hydrogen-bond acceptors (Lipinski definition) is 0. The average molecular weight is 341 g/mol. The highest BCUT2D eigenvalue weighted by atomic mass is 14.3. The van der Waals surface area contributed by atoms with Crippen LogP contribution in [0, 0.1) is 17.8 Å². The fraction of sp³-hybridized carbons (Fsp3) is 0.760. The molecule has 2 fully saturated rings. The lowest BCUT2D eigenvalue weighted by molar-refractivity contribution is 0.273. The first-order chi connectivity index (χ1) is 12.2. The highest BCUT2D eigenvalue weighted by Crippen LogP contribution is 2.40. The van der Waals surface area contributed by atoms with Crippen molar-refractivity contribution in [3.8, 4) is 0 Å². The van der Waals surface area contributed by atoms with Crippen LogP contribution in [0.2, 0.25) is 0 Å². The summed E-state index contributed by atoms with van der Waals surface area (Å²) in [6.07, 6.45) is 15.7. The summed E-state index contributed by atoms with van der Waals surface area (Å²) in [4.78, 5) is 0. The van der Waals surface area contributed by atoms with E-state index in [1.165, 1.54) is 70.6 Å². The van der Waals surface area contributed by atoms with Crippen molar-refractivity contribution >= 4 is 0 Å². The van der Waals surface area contributed by atoms with E-state index in [1.54, 1.807) is 11.1 Å². The van der Waals surface area contributed by atoms with Crippen LogP contribution < -0.4 is 0 Å². The molecule has 0 bridgehead atoms. The first-order valence-electron chi connectivity index (χ1n) is 11.3. The van der Waals surface area contributed by atoms with Crippen LogP contribution in [0.5, 0.6) is 0 Å². The normalized spacial score (nSPS) is 31.6. The Labute approximate surface area is 156 Å².